The van der Waals surface area contributed by atoms with Crippen LogP contribution in [0.4, 0.5) is 0 Å². The largest absolute Gasteiger partial charge is 0.494 e. The number of carbonyl (C=O) groups excluding carboxylic acids is 1. The monoisotopic (exact) mass is 623 g/mol. The van der Waals surface area contributed by atoms with E-state index in [2.05, 4.69) is 73.6 Å². The Morgan fingerprint density at radius 1 is 0.844 bits per heavy atom. The third-order valence-corrected chi connectivity index (χ3v) is 10.8. The second-order valence-corrected chi connectivity index (χ2v) is 15.6. The minimum Gasteiger partial charge on any atom is -0.494 e. The number of hydrogen-bond acceptors (Lipinski definition) is 5. The van der Waals surface area contributed by atoms with Gasteiger partial charge in [-0.05, 0) is 85.8 Å². The molecule has 6 heteroatoms. The van der Waals surface area contributed by atoms with Crippen molar-refractivity contribution in [1.29, 1.82) is 0 Å². The van der Waals surface area contributed by atoms with Crippen LogP contribution in [-0.4, -0.2) is 63.6 Å². The van der Waals surface area contributed by atoms with E-state index in [1.807, 2.05) is 41.3 Å². The van der Waals surface area contributed by atoms with Crippen LogP contribution in [0.1, 0.15) is 112 Å². The number of rotatable bonds is 16. The summed E-state index contributed by atoms with van der Waals surface area (Å²) in [6.45, 7) is 18.8. The van der Waals surface area contributed by atoms with Crippen molar-refractivity contribution in [3.05, 3.63) is 66.0 Å². The lowest BCUT2D eigenvalue weighted by Gasteiger charge is -2.52. The number of nitrogens with zero attached hydrogens (tertiary/aromatic N) is 1. The molecular weight excluding hydrogens is 562 g/mol. The lowest BCUT2D eigenvalue weighted by atomic mass is 9.53. The summed E-state index contributed by atoms with van der Waals surface area (Å²) >= 11 is 0. The van der Waals surface area contributed by atoms with E-state index in [1.54, 1.807) is 0 Å². The molecule has 1 aromatic carbocycles. The van der Waals surface area contributed by atoms with Crippen molar-refractivity contribution >= 4 is 11.5 Å². The molecule has 252 valence electrons. The molecule has 1 aliphatic carbocycles. The quantitative estimate of drug-likeness (QED) is 0.164. The average molecular weight is 624 g/mol. The number of benzene rings is 1. The Bertz CT molecular complexity index is 1160. The van der Waals surface area contributed by atoms with Crippen LogP contribution in [0, 0.1) is 22.2 Å². The standard InChI is InChI=1S/C39H61NO5/c1-28(16-15-24-41)40-33-27-31(22-21-30(33)26-32(36(40)44)29-17-10-9-11-18-29)45-25-13-12-19-34(42)35(43)20-14-23-39(8,37(2,3)4)38(5,6)7/h9-11,17-18,21-22,26-28,30,33-35,41-43H,12-16,19-20,23-25H2,1-8H3. The highest BCUT2D eigenvalue weighted by Crippen LogP contribution is 2.54. The van der Waals surface area contributed by atoms with Gasteiger partial charge in [-0.1, -0.05) is 97.4 Å². The lowest BCUT2D eigenvalue weighted by molar-refractivity contribution is -0.130. The van der Waals surface area contributed by atoms with Gasteiger partial charge in [0.2, 0.25) is 0 Å². The van der Waals surface area contributed by atoms with E-state index in [9.17, 15) is 20.1 Å². The maximum atomic E-state index is 13.8. The maximum absolute atomic E-state index is 13.8. The Kier molecular flexibility index (Phi) is 13.1. The molecule has 0 spiro atoms. The van der Waals surface area contributed by atoms with Crippen molar-refractivity contribution in [2.75, 3.05) is 13.2 Å². The molecule has 0 bridgehead atoms. The van der Waals surface area contributed by atoms with E-state index in [0.717, 1.165) is 43.4 Å². The van der Waals surface area contributed by atoms with Gasteiger partial charge in [-0.2, -0.15) is 0 Å². The third-order valence-electron chi connectivity index (χ3n) is 10.8. The highest BCUT2D eigenvalue weighted by molar-refractivity contribution is 6.20. The molecule has 3 rings (SSSR count). The normalized spacial score (nSPS) is 21.1. The van der Waals surface area contributed by atoms with Crippen molar-refractivity contribution in [3.8, 4) is 0 Å². The molecule has 45 heavy (non-hydrogen) atoms. The van der Waals surface area contributed by atoms with Crippen LogP contribution in [0.3, 0.4) is 0 Å². The fourth-order valence-electron chi connectivity index (χ4n) is 7.14. The van der Waals surface area contributed by atoms with Crippen molar-refractivity contribution < 1.29 is 24.9 Å². The second-order valence-electron chi connectivity index (χ2n) is 15.6. The second kappa shape index (κ2) is 15.9. The first-order chi connectivity index (χ1) is 21.1. The van der Waals surface area contributed by atoms with Gasteiger partial charge in [-0.25, -0.2) is 0 Å². The number of allylic oxidation sites excluding steroid dienone is 1. The van der Waals surface area contributed by atoms with Crippen LogP contribution in [0.5, 0.6) is 0 Å². The van der Waals surface area contributed by atoms with Gasteiger partial charge >= 0.3 is 0 Å². The number of ether oxygens (including phenoxy) is 1. The fraction of sp³-hybridized carbons (Fsp3) is 0.667. The number of carbonyl (C=O) groups is 1. The highest BCUT2D eigenvalue weighted by atomic mass is 16.5. The van der Waals surface area contributed by atoms with E-state index < -0.39 is 12.2 Å². The van der Waals surface area contributed by atoms with Gasteiger partial charge < -0.3 is 25.0 Å². The molecule has 0 fully saturated rings. The van der Waals surface area contributed by atoms with Crippen LogP contribution in [0.25, 0.3) is 5.57 Å². The van der Waals surface area contributed by atoms with Gasteiger partial charge in [0, 0.05) is 24.1 Å². The summed E-state index contributed by atoms with van der Waals surface area (Å²) in [4.78, 5) is 15.7. The molecular formula is C39H61NO5. The molecule has 6 nitrogen and oxygen atoms in total. The van der Waals surface area contributed by atoms with Gasteiger partial charge in [0.25, 0.3) is 5.91 Å². The van der Waals surface area contributed by atoms with E-state index in [0.29, 0.717) is 31.4 Å². The summed E-state index contributed by atoms with van der Waals surface area (Å²) in [5, 5.41) is 30.7. The minimum atomic E-state index is -0.733. The molecule has 0 radical (unpaired) electrons. The summed E-state index contributed by atoms with van der Waals surface area (Å²) in [5.41, 5.74) is 2.03. The van der Waals surface area contributed by atoms with Crippen LogP contribution in [-0.2, 0) is 9.53 Å². The summed E-state index contributed by atoms with van der Waals surface area (Å²) < 4.78 is 6.13. The summed E-state index contributed by atoms with van der Waals surface area (Å²) in [6.07, 6.45) is 12.7. The Morgan fingerprint density at radius 2 is 1.47 bits per heavy atom. The average Bonchev–Trinajstić information content (AvgIpc) is 2.98. The van der Waals surface area contributed by atoms with E-state index in [1.165, 1.54) is 0 Å². The van der Waals surface area contributed by atoms with Gasteiger partial charge in [0.1, 0.15) is 5.76 Å². The smallest absolute Gasteiger partial charge is 0.254 e. The number of hydrogen-bond donors (Lipinski definition) is 3. The predicted molar refractivity (Wildman–Crippen MR) is 184 cm³/mol. The molecule has 5 unspecified atom stereocenters. The Labute approximate surface area is 273 Å². The number of aliphatic hydroxyl groups excluding tert-OH is 3. The molecule has 2 aliphatic rings. The summed E-state index contributed by atoms with van der Waals surface area (Å²) in [6, 6.07) is 9.63. The molecule has 1 heterocycles. The molecule has 1 aromatic rings. The Morgan fingerprint density at radius 3 is 2.07 bits per heavy atom. The van der Waals surface area contributed by atoms with Crippen molar-refractivity contribution in [1.82, 2.24) is 4.90 Å². The third kappa shape index (κ3) is 9.33. The molecule has 1 aliphatic heterocycles. The molecule has 0 saturated carbocycles. The first kappa shape index (κ1) is 37.1. The van der Waals surface area contributed by atoms with E-state index >= 15 is 0 Å². The van der Waals surface area contributed by atoms with Crippen LogP contribution in [0.2, 0.25) is 0 Å². The first-order valence-corrected chi connectivity index (χ1v) is 17.2. The molecule has 0 aromatic heterocycles. The van der Waals surface area contributed by atoms with Gasteiger partial charge in [0.05, 0.1) is 24.9 Å². The van der Waals surface area contributed by atoms with Gasteiger partial charge in [-0.3, -0.25) is 4.79 Å². The van der Waals surface area contributed by atoms with Gasteiger partial charge in [-0.15, -0.1) is 0 Å². The lowest BCUT2D eigenvalue weighted by Crippen LogP contribution is -2.51. The number of amides is 1. The predicted octanol–water partition coefficient (Wildman–Crippen LogP) is 7.69. The van der Waals surface area contributed by atoms with Crippen LogP contribution < -0.4 is 0 Å². The molecule has 0 saturated heterocycles. The number of aliphatic hydroxyl groups is 3. The van der Waals surface area contributed by atoms with Crippen LogP contribution >= 0.6 is 0 Å². The number of fused-ring (bicyclic) bond motifs is 1. The Balaban J connectivity index is 1.52. The van der Waals surface area contributed by atoms with E-state index in [-0.39, 0.29) is 46.8 Å². The first-order valence-electron chi connectivity index (χ1n) is 17.2. The minimum absolute atomic E-state index is 0.00720. The topological polar surface area (TPSA) is 90.2 Å². The van der Waals surface area contributed by atoms with Gasteiger partial charge in [0.15, 0.2) is 0 Å². The molecule has 1 amide bonds. The molecule has 5 atom stereocenters. The van der Waals surface area contributed by atoms with Crippen molar-refractivity contribution in [2.45, 2.75) is 131 Å². The van der Waals surface area contributed by atoms with Crippen molar-refractivity contribution in [3.63, 3.8) is 0 Å². The molecule has 3 N–H and O–H groups in total. The SMILES string of the molecule is CC(CCCO)N1C(=O)C(c2ccccc2)=CC2C=CC(OCCCCC(O)C(O)CCCC(C)(C(C)(C)C)C(C)(C)C)=CC21. The maximum Gasteiger partial charge on any atom is 0.254 e. The van der Waals surface area contributed by atoms with Crippen LogP contribution in [0.15, 0.2) is 60.4 Å². The Hall–Kier alpha value is -2.41. The van der Waals surface area contributed by atoms with Crippen molar-refractivity contribution in [2.24, 2.45) is 22.2 Å². The number of unbranched alkanes of at least 4 members (excludes halogenated alkanes) is 1. The fourth-order valence-corrected chi connectivity index (χ4v) is 7.14. The van der Waals surface area contributed by atoms with E-state index in [4.69, 9.17) is 4.74 Å². The zero-order chi connectivity index (χ0) is 33.4. The zero-order valence-electron chi connectivity index (χ0n) is 29.3. The summed E-state index contributed by atoms with van der Waals surface area (Å²) in [5.74, 6) is 0.803. The summed E-state index contributed by atoms with van der Waals surface area (Å²) in [7, 11) is 0. The highest BCUT2D eigenvalue weighted by Gasteiger charge is 2.46. The zero-order valence-corrected chi connectivity index (χ0v) is 29.3.